The first-order valence-corrected chi connectivity index (χ1v) is 7.39. The SMILES string of the molecule is CCCNC(c1nc(C)cs1)C1CCC(C)O1. The van der Waals surface area contributed by atoms with Gasteiger partial charge in [-0.2, -0.15) is 0 Å². The molecule has 1 aromatic heterocycles. The van der Waals surface area contributed by atoms with E-state index in [9.17, 15) is 0 Å². The van der Waals surface area contributed by atoms with Crippen molar-refractivity contribution in [2.75, 3.05) is 6.54 Å². The molecule has 2 heterocycles. The zero-order valence-corrected chi connectivity index (χ0v) is 11.7. The van der Waals surface area contributed by atoms with Gasteiger partial charge in [-0.05, 0) is 39.7 Å². The van der Waals surface area contributed by atoms with Gasteiger partial charge in [0.25, 0.3) is 0 Å². The van der Waals surface area contributed by atoms with E-state index in [1.54, 1.807) is 11.3 Å². The average molecular weight is 254 g/mol. The zero-order valence-electron chi connectivity index (χ0n) is 10.9. The van der Waals surface area contributed by atoms with Crippen LogP contribution in [0.25, 0.3) is 0 Å². The Balaban J connectivity index is 2.07. The van der Waals surface area contributed by atoms with Gasteiger partial charge >= 0.3 is 0 Å². The summed E-state index contributed by atoms with van der Waals surface area (Å²) < 4.78 is 5.99. The maximum absolute atomic E-state index is 5.99. The van der Waals surface area contributed by atoms with Gasteiger partial charge in [0.2, 0.25) is 0 Å². The maximum atomic E-state index is 5.99. The fourth-order valence-corrected chi connectivity index (χ4v) is 3.19. The van der Waals surface area contributed by atoms with E-state index < -0.39 is 0 Å². The Labute approximate surface area is 108 Å². The van der Waals surface area contributed by atoms with E-state index in [1.165, 1.54) is 11.4 Å². The van der Waals surface area contributed by atoms with Gasteiger partial charge in [0.1, 0.15) is 5.01 Å². The molecule has 17 heavy (non-hydrogen) atoms. The zero-order chi connectivity index (χ0) is 12.3. The predicted molar refractivity (Wildman–Crippen MR) is 71.5 cm³/mol. The standard InChI is InChI=1S/C13H22N2OS/c1-4-7-14-12(11-6-5-10(3)16-11)13-15-9(2)8-17-13/h8,10-12,14H,4-7H2,1-3H3. The lowest BCUT2D eigenvalue weighted by Gasteiger charge is -2.22. The summed E-state index contributed by atoms with van der Waals surface area (Å²) in [6, 6.07) is 0.276. The van der Waals surface area contributed by atoms with Gasteiger partial charge in [-0.1, -0.05) is 6.92 Å². The molecule has 0 saturated carbocycles. The number of ether oxygens (including phenoxy) is 1. The molecule has 2 rings (SSSR count). The lowest BCUT2D eigenvalue weighted by Crippen LogP contribution is -2.32. The highest BCUT2D eigenvalue weighted by atomic mass is 32.1. The molecule has 1 aromatic rings. The van der Waals surface area contributed by atoms with Gasteiger partial charge in [0.05, 0.1) is 18.2 Å². The minimum absolute atomic E-state index is 0.276. The molecular formula is C13H22N2OS. The van der Waals surface area contributed by atoms with Crippen LogP contribution in [0.15, 0.2) is 5.38 Å². The normalized spacial score (nSPS) is 26.3. The summed E-state index contributed by atoms with van der Waals surface area (Å²) in [5.41, 5.74) is 1.11. The second-order valence-electron chi connectivity index (χ2n) is 4.82. The Morgan fingerprint density at radius 1 is 1.59 bits per heavy atom. The molecule has 3 atom stereocenters. The number of hydrogen-bond acceptors (Lipinski definition) is 4. The highest BCUT2D eigenvalue weighted by Gasteiger charge is 2.31. The highest BCUT2D eigenvalue weighted by molar-refractivity contribution is 7.09. The number of nitrogens with zero attached hydrogens (tertiary/aromatic N) is 1. The first-order valence-electron chi connectivity index (χ1n) is 6.51. The van der Waals surface area contributed by atoms with Crippen molar-refractivity contribution < 1.29 is 4.74 Å². The van der Waals surface area contributed by atoms with Crippen LogP contribution < -0.4 is 5.32 Å². The minimum atomic E-state index is 0.276. The molecule has 1 fully saturated rings. The predicted octanol–water partition coefficient (Wildman–Crippen LogP) is 3.06. The number of thiazole rings is 1. The fourth-order valence-electron chi connectivity index (χ4n) is 2.27. The molecule has 1 N–H and O–H groups in total. The van der Waals surface area contributed by atoms with Crippen molar-refractivity contribution in [3.05, 3.63) is 16.1 Å². The Morgan fingerprint density at radius 3 is 2.94 bits per heavy atom. The summed E-state index contributed by atoms with van der Waals surface area (Å²) in [6.45, 7) is 7.42. The molecule has 96 valence electrons. The Kier molecular flexibility index (Phi) is 4.54. The van der Waals surface area contributed by atoms with E-state index in [4.69, 9.17) is 4.74 Å². The lowest BCUT2D eigenvalue weighted by atomic mass is 10.1. The van der Waals surface area contributed by atoms with Crippen molar-refractivity contribution in [2.45, 2.75) is 58.3 Å². The number of aryl methyl sites for hydroxylation is 1. The quantitative estimate of drug-likeness (QED) is 0.877. The van der Waals surface area contributed by atoms with Crippen molar-refractivity contribution in [3.8, 4) is 0 Å². The van der Waals surface area contributed by atoms with Crippen LogP contribution in [0.1, 0.15) is 49.9 Å². The van der Waals surface area contributed by atoms with E-state index in [1.807, 2.05) is 0 Å². The van der Waals surface area contributed by atoms with Crippen LogP contribution in [0.5, 0.6) is 0 Å². The third kappa shape index (κ3) is 3.27. The molecule has 0 spiro atoms. The number of nitrogens with one attached hydrogen (secondary N) is 1. The second kappa shape index (κ2) is 5.94. The maximum Gasteiger partial charge on any atom is 0.112 e. The largest absolute Gasteiger partial charge is 0.373 e. The summed E-state index contributed by atoms with van der Waals surface area (Å²) in [5.74, 6) is 0. The highest BCUT2D eigenvalue weighted by Crippen LogP contribution is 2.31. The van der Waals surface area contributed by atoms with Gasteiger partial charge in [0.15, 0.2) is 0 Å². The molecule has 0 radical (unpaired) electrons. The first-order chi connectivity index (χ1) is 8.20. The van der Waals surface area contributed by atoms with Gasteiger partial charge in [0, 0.05) is 11.1 Å². The fraction of sp³-hybridized carbons (Fsp3) is 0.769. The first kappa shape index (κ1) is 13.0. The molecule has 4 heteroatoms. The van der Waals surface area contributed by atoms with E-state index in [0.717, 1.165) is 25.1 Å². The monoisotopic (exact) mass is 254 g/mol. The molecular weight excluding hydrogens is 232 g/mol. The van der Waals surface area contributed by atoms with Crippen molar-refractivity contribution in [1.82, 2.24) is 10.3 Å². The van der Waals surface area contributed by atoms with Crippen LogP contribution in [-0.4, -0.2) is 23.7 Å². The number of aromatic nitrogens is 1. The van der Waals surface area contributed by atoms with E-state index >= 15 is 0 Å². The van der Waals surface area contributed by atoms with Crippen LogP contribution in [-0.2, 0) is 4.74 Å². The molecule has 1 aliphatic rings. The molecule has 0 amide bonds. The van der Waals surface area contributed by atoms with Crippen LogP contribution in [0, 0.1) is 6.92 Å². The van der Waals surface area contributed by atoms with Crippen LogP contribution in [0.2, 0.25) is 0 Å². The molecule has 1 aliphatic heterocycles. The van der Waals surface area contributed by atoms with Gasteiger partial charge in [-0.25, -0.2) is 4.98 Å². The van der Waals surface area contributed by atoms with Gasteiger partial charge in [-0.3, -0.25) is 0 Å². The summed E-state index contributed by atoms with van der Waals surface area (Å²) in [6.07, 6.45) is 4.14. The minimum Gasteiger partial charge on any atom is -0.373 e. The Morgan fingerprint density at radius 2 is 2.41 bits per heavy atom. The van der Waals surface area contributed by atoms with Gasteiger partial charge in [-0.15, -0.1) is 11.3 Å². The lowest BCUT2D eigenvalue weighted by molar-refractivity contribution is 0.0315. The molecule has 3 unspecified atom stereocenters. The van der Waals surface area contributed by atoms with E-state index in [2.05, 4.69) is 36.5 Å². The summed E-state index contributed by atoms with van der Waals surface area (Å²) in [5, 5.41) is 6.88. The third-order valence-electron chi connectivity index (χ3n) is 3.15. The van der Waals surface area contributed by atoms with E-state index in [-0.39, 0.29) is 6.04 Å². The van der Waals surface area contributed by atoms with Gasteiger partial charge < -0.3 is 10.1 Å². The second-order valence-corrected chi connectivity index (χ2v) is 5.71. The number of hydrogen-bond donors (Lipinski definition) is 1. The van der Waals surface area contributed by atoms with Crippen molar-refractivity contribution in [2.24, 2.45) is 0 Å². The summed E-state index contributed by atoms with van der Waals surface area (Å²) >= 11 is 1.74. The van der Waals surface area contributed by atoms with Crippen molar-refractivity contribution in [3.63, 3.8) is 0 Å². The topological polar surface area (TPSA) is 34.2 Å². The van der Waals surface area contributed by atoms with Crippen LogP contribution >= 0.6 is 11.3 Å². The van der Waals surface area contributed by atoms with Crippen molar-refractivity contribution in [1.29, 1.82) is 0 Å². The molecule has 1 saturated heterocycles. The molecule has 0 bridgehead atoms. The molecule has 0 aromatic carbocycles. The molecule has 3 nitrogen and oxygen atoms in total. The average Bonchev–Trinajstić information content (AvgIpc) is 2.89. The summed E-state index contributed by atoms with van der Waals surface area (Å²) in [4.78, 5) is 4.61. The van der Waals surface area contributed by atoms with E-state index in [0.29, 0.717) is 12.2 Å². The smallest absolute Gasteiger partial charge is 0.112 e. The Bertz CT molecular complexity index is 353. The van der Waals surface area contributed by atoms with Crippen LogP contribution in [0.4, 0.5) is 0 Å². The Hall–Kier alpha value is -0.450. The number of rotatable bonds is 5. The van der Waals surface area contributed by atoms with Crippen molar-refractivity contribution >= 4 is 11.3 Å². The summed E-state index contributed by atoms with van der Waals surface area (Å²) in [7, 11) is 0. The third-order valence-corrected chi connectivity index (χ3v) is 4.20. The van der Waals surface area contributed by atoms with Crippen LogP contribution in [0.3, 0.4) is 0 Å². The molecule has 0 aliphatic carbocycles.